The van der Waals surface area contributed by atoms with Gasteiger partial charge in [0, 0.05) is 62.8 Å². The molecule has 7 nitrogen and oxygen atoms in total. The molecule has 2 aromatic rings. The number of halogens is 3. The number of nitrogens with one attached hydrogen (secondary N) is 1. The van der Waals surface area contributed by atoms with E-state index < -0.39 is 22.4 Å². The fourth-order valence-electron chi connectivity index (χ4n) is 5.19. The van der Waals surface area contributed by atoms with Crippen molar-refractivity contribution in [3.05, 3.63) is 63.7 Å². The van der Waals surface area contributed by atoms with Crippen molar-refractivity contribution in [2.75, 3.05) is 56.0 Å². The van der Waals surface area contributed by atoms with Gasteiger partial charge in [-0.15, -0.1) is 0 Å². The molecule has 39 heavy (non-hydrogen) atoms. The van der Waals surface area contributed by atoms with Crippen molar-refractivity contribution in [3.8, 4) is 0 Å². The minimum absolute atomic E-state index is 0. The second-order valence-corrected chi connectivity index (χ2v) is 10.5. The normalized spacial score (nSPS) is 17.0. The molecule has 2 fully saturated rings. The van der Waals surface area contributed by atoms with Crippen LogP contribution in [0.3, 0.4) is 0 Å². The number of benzene rings is 2. The number of nitrogens with zero attached hydrogens (tertiary/aromatic N) is 4. The average Bonchev–Trinajstić information content (AvgIpc) is 2.89. The molecule has 2 saturated heterocycles. The SMILES string of the molecule is C.Cc1cccc(N2CCN(CCCC(=S)N3CCC(Nc4ccc([N+](=O)[O-])c(C(F)(F)F)c4)CC3)CC2)c1. The minimum atomic E-state index is -4.79. The van der Waals surface area contributed by atoms with Crippen LogP contribution in [0.5, 0.6) is 0 Å². The summed E-state index contributed by atoms with van der Waals surface area (Å²) in [5, 5.41) is 14.1. The molecule has 0 aromatic heterocycles. The summed E-state index contributed by atoms with van der Waals surface area (Å²) in [5.74, 6) is 0. The molecular weight excluding hydrogens is 527 g/mol. The van der Waals surface area contributed by atoms with Crippen LogP contribution in [-0.2, 0) is 6.18 Å². The van der Waals surface area contributed by atoms with Crippen LogP contribution >= 0.6 is 12.2 Å². The number of piperazine rings is 1. The Labute approximate surface area is 234 Å². The Balaban J connectivity index is 0.00000420. The molecule has 2 heterocycles. The maximum absolute atomic E-state index is 13.3. The lowest BCUT2D eigenvalue weighted by molar-refractivity contribution is -0.388. The van der Waals surface area contributed by atoms with Crippen molar-refractivity contribution in [3.63, 3.8) is 0 Å². The Morgan fingerprint density at radius 3 is 2.38 bits per heavy atom. The fourth-order valence-corrected chi connectivity index (χ4v) is 5.51. The molecule has 214 valence electrons. The van der Waals surface area contributed by atoms with E-state index in [-0.39, 0.29) is 19.2 Å². The molecule has 0 spiro atoms. The van der Waals surface area contributed by atoms with Crippen LogP contribution in [0.2, 0.25) is 0 Å². The zero-order valence-corrected chi connectivity index (χ0v) is 22.4. The predicted molar refractivity (Wildman–Crippen MR) is 155 cm³/mol. The zero-order valence-electron chi connectivity index (χ0n) is 21.5. The van der Waals surface area contributed by atoms with E-state index >= 15 is 0 Å². The lowest BCUT2D eigenvalue weighted by Crippen LogP contribution is -2.47. The number of thiocarbonyl (C=S) groups is 1. The Morgan fingerprint density at radius 2 is 1.77 bits per heavy atom. The van der Waals surface area contributed by atoms with E-state index in [1.807, 2.05) is 0 Å². The monoisotopic (exact) mass is 565 g/mol. The molecule has 0 saturated carbocycles. The first-order chi connectivity index (χ1) is 18.1. The molecule has 1 N–H and O–H groups in total. The minimum Gasteiger partial charge on any atom is -0.382 e. The van der Waals surface area contributed by atoms with Gasteiger partial charge in [0.2, 0.25) is 0 Å². The molecule has 0 radical (unpaired) electrons. The summed E-state index contributed by atoms with van der Waals surface area (Å²) in [6.07, 6.45) is -1.46. The Morgan fingerprint density at radius 1 is 1.08 bits per heavy atom. The molecule has 0 atom stereocenters. The number of alkyl halides is 3. The second-order valence-electron chi connectivity index (χ2n) is 10.1. The van der Waals surface area contributed by atoms with Crippen LogP contribution in [0.15, 0.2) is 42.5 Å². The van der Waals surface area contributed by atoms with Gasteiger partial charge in [-0.05, 0) is 69.0 Å². The van der Waals surface area contributed by atoms with Gasteiger partial charge >= 0.3 is 6.18 Å². The molecule has 2 aromatic carbocycles. The maximum Gasteiger partial charge on any atom is 0.423 e. The van der Waals surface area contributed by atoms with E-state index in [2.05, 4.69) is 51.2 Å². The van der Waals surface area contributed by atoms with Crippen LogP contribution in [0.1, 0.15) is 44.2 Å². The summed E-state index contributed by atoms with van der Waals surface area (Å²) in [7, 11) is 0. The van der Waals surface area contributed by atoms with Gasteiger partial charge in [0.15, 0.2) is 0 Å². The first-order valence-electron chi connectivity index (χ1n) is 13.0. The summed E-state index contributed by atoms with van der Waals surface area (Å²) < 4.78 is 39.8. The first kappa shape index (κ1) is 30.6. The Kier molecular flexibility index (Phi) is 10.5. The van der Waals surface area contributed by atoms with Crippen LogP contribution < -0.4 is 10.2 Å². The molecule has 0 bridgehead atoms. The number of hydrogen-bond donors (Lipinski definition) is 1. The van der Waals surface area contributed by atoms with Gasteiger partial charge < -0.3 is 15.1 Å². The lowest BCUT2D eigenvalue weighted by atomic mass is 10.0. The lowest BCUT2D eigenvalue weighted by Gasteiger charge is -2.37. The van der Waals surface area contributed by atoms with Crippen molar-refractivity contribution in [1.82, 2.24) is 9.80 Å². The van der Waals surface area contributed by atoms with Gasteiger partial charge in [0.25, 0.3) is 5.69 Å². The zero-order chi connectivity index (χ0) is 27.3. The van der Waals surface area contributed by atoms with Crippen molar-refractivity contribution in [1.29, 1.82) is 0 Å². The van der Waals surface area contributed by atoms with Gasteiger partial charge in [-0.1, -0.05) is 31.8 Å². The standard InChI is InChI=1S/C27H34F3N5O2S.CH4/c1-20-4-2-5-23(18-20)33-16-14-32(15-17-33)11-3-6-26(38)34-12-9-21(10-13-34)31-22-7-8-25(35(36)37)24(19-22)27(28,29)30;/h2,4-5,7-8,18-19,21,31H,3,6,9-17H2,1H3;1H4. The summed E-state index contributed by atoms with van der Waals surface area (Å²) in [4.78, 5) is 18.0. The summed E-state index contributed by atoms with van der Waals surface area (Å²) in [6.45, 7) is 8.74. The molecule has 2 aliphatic rings. The number of anilines is 2. The van der Waals surface area contributed by atoms with E-state index in [1.54, 1.807) is 0 Å². The number of nitro groups is 1. The van der Waals surface area contributed by atoms with Gasteiger partial charge in [-0.2, -0.15) is 13.2 Å². The topological polar surface area (TPSA) is 64.9 Å². The van der Waals surface area contributed by atoms with Crippen molar-refractivity contribution >= 4 is 34.3 Å². The molecule has 4 rings (SSSR count). The maximum atomic E-state index is 13.3. The third kappa shape index (κ3) is 8.28. The Bertz CT molecular complexity index is 1130. The van der Waals surface area contributed by atoms with Crippen LogP contribution in [-0.4, -0.2) is 71.6 Å². The number of likely N-dealkylation sites (tertiary alicyclic amines) is 1. The Hall–Kier alpha value is -2.92. The second kappa shape index (κ2) is 13.4. The number of hydrogen-bond acceptors (Lipinski definition) is 6. The van der Waals surface area contributed by atoms with E-state index in [0.717, 1.165) is 88.6 Å². The van der Waals surface area contributed by atoms with Crippen molar-refractivity contribution in [2.24, 2.45) is 0 Å². The largest absolute Gasteiger partial charge is 0.423 e. The number of nitro benzene ring substituents is 1. The highest BCUT2D eigenvalue weighted by molar-refractivity contribution is 7.80. The third-order valence-electron chi connectivity index (χ3n) is 7.32. The quantitative estimate of drug-likeness (QED) is 0.227. The highest BCUT2D eigenvalue weighted by Crippen LogP contribution is 2.38. The van der Waals surface area contributed by atoms with Gasteiger partial charge in [-0.3, -0.25) is 15.0 Å². The molecular formula is C28H38F3N5O2S. The number of piperidine rings is 1. The highest BCUT2D eigenvalue weighted by atomic mass is 32.1. The van der Waals surface area contributed by atoms with E-state index in [1.165, 1.54) is 17.3 Å². The average molecular weight is 566 g/mol. The van der Waals surface area contributed by atoms with Gasteiger partial charge in [0.05, 0.1) is 9.91 Å². The summed E-state index contributed by atoms with van der Waals surface area (Å²) in [5.41, 5.74) is 0.642. The van der Waals surface area contributed by atoms with E-state index in [9.17, 15) is 23.3 Å². The van der Waals surface area contributed by atoms with Gasteiger partial charge in [-0.25, -0.2) is 0 Å². The van der Waals surface area contributed by atoms with Crippen LogP contribution in [0.4, 0.5) is 30.2 Å². The molecule has 0 aliphatic carbocycles. The smallest absolute Gasteiger partial charge is 0.382 e. The number of aryl methyl sites for hydroxylation is 1. The third-order valence-corrected chi connectivity index (χ3v) is 7.78. The highest BCUT2D eigenvalue weighted by Gasteiger charge is 2.38. The fraction of sp³-hybridized carbons (Fsp3) is 0.536. The van der Waals surface area contributed by atoms with Gasteiger partial charge in [0.1, 0.15) is 5.56 Å². The molecule has 2 aliphatic heterocycles. The van der Waals surface area contributed by atoms with E-state index in [4.69, 9.17) is 12.2 Å². The summed E-state index contributed by atoms with van der Waals surface area (Å²) in [6, 6.07) is 11.7. The predicted octanol–water partition coefficient (Wildman–Crippen LogP) is 6.36. The molecule has 11 heteroatoms. The van der Waals surface area contributed by atoms with Crippen LogP contribution in [0, 0.1) is 17.0 Å². The van der Waals surface area contributed by atoms with E-state index in [0.29, 0.717) is 0 Å². The number of rotatable bonds is 8. The molecule has 0 amide bonds. The van der Waals surface area contributed by atoms with Crippen molar-refractivity contribution in [2.45, 2.75) is 52.3 Å². The van der Waals surface area contributed by atoms with Crippen molar-refractivity contribution < 1.29 is 18.1 Å². The summed E-state index contributed by atoms with van der Waals surface area (Å²) >= 11 is 5.69. The molecule has 0 unspecified atom stereocenters. The van der Waals surface area contributed by atoms with Crippen LogP contribution in [0.25, 0.3) is 0 Å². The first-order valence-corrected chi connectivity index (χ1v) is 13.4.